The third-order valence-corrected chi connectivity index (χ3v) is 7.98. The number of benzene rings is 2. The van der Waals surface area contributed by atoms with E-state index in [1.54, 1.807) is 7.11 Å². The molecule has 0 unspecified atom stereocenters. The number of amides is 2. The van der Waals surface area contributed by atoms with Crippen LogP contribution in [0.4, 0.5) is 0 Å². The minimum absolute atomic E-state index is 0. The molecule has 3 rings (SSSR count). The number of nitrogens with two attached hydrogens (primary N) is 1. The zero-order chi connectivity index (χ0) is 29.9. The van der Waals surface area contributed by atoms with Crippen LogP contribution in [0.5, 0.6) is 5.75 Å². The molecule has 8 nitrogen and oxygen atoms in total. The molecule has 1 heterocycles. The molecular formula is C33H49ClN4O4. The van der Waals surface area contributed by atoms with Gasteiger partial charge in [0.1, 0.15) is 5.75 Å². The average molecular weight is 601 g/mol. The SMILES string of the molecule is CCCCNC(=O)[C@H](C)C[C@H](O)[C@@H](N)C[C@@H](CNC(=O)c1cn(Cc2ccccc2OC)c2ccccc12)C(C)C.Cl. The Morgan fingerprint density at radius 2 is 1.71 bits per heavy atom. The topological polar surface area (TPSA) is 119 Å². The molecule has 0 saturated carbocycles. The second kappa shape index (κ2) is 17.1. The summed E-state index contributed by atoms with van der Waals surface area (Å²) in [7, 11) is 1.66. The van der Waals surface area contributed by atoms with Crippen LogP contribution in [-0.2, 0) is 11.3 Å². The van der Waals surface area contributed by atoms with Crippen molar-refractivity contribution in [2.75, 3.05) is 20.2 Å². The highest BCUT2D eigenvalue weighted by Gasteiger charge is 2.26. The van der Waals surface area contributed by atoms with E-state index in [9.17, 15) is 14.7 Å². The molecule has 5 N–H and O–H groups in total. The molecule has 0 saturated heterocycles. The molecular weight excluding hydrogens is 552 g/mol. The maximum atomic E-state index is 13.4. The predicted octanol–water partition coefficient (Wildman–Crippen LogP) is 5.14. The Kier molecular flexibility index (Phi) is 14.3. The number of para-hydroxylation sites is 2. The number of hydrogen-bond acceptors (Lipinski definition) is 5. The van der Waals surface area contributed by atoms with E-state index in [2.05, 4.69) is 36.0 Å². The van der Waals surface area contributed by atoms with Crippen LogP contribution >= 0.6 is 12.4 Å². The molecule has 232 valence electrons. The van der Waals surface area contributed by atoms with Gasteiger partial charge in [0.25, 0.3) is 5.91 Å². The number of aromatic nitrogens is 1. The largest absolute Gasteiger partial charge is 0.496 e. The maximum Gasteiger partial charge on any atom is 0.253 e. The zero-order valence-corrected chi connectivity index (χ0v) is 26.5. The third-order valence-electron chi connectivity index (χ3n) is 7.98. The highest BCUT2D eigenvalue weighted by molar-refractivity contribution is 6.07. The summed E-state index contributed by atoms with van der Waals surface area (Å²) in [4.78, 5) is 25.8. The fraction of sp³-hybridized carbons (Fsp3) is 0.515. The lowest BCUT2D eigenvalue weighted by Crippen LogP contribution is -2.42. The number of fused-ring (bicyclic) bond motifs is 1. The molecule has 0 spiro atoms. The first-order valence-corrected chi connectivity index (χ1v) is 14.8. The van der Waals surface area contributed by atoms with Crippen LogP contribution in [0.15, 0.2) is 54.7 Å². The van der Waals surface area contributed by atoms with Crippen molar-refractivity contribution in [2.45, 2.75) is 72.1 Å². The van der Waals surface area contributed by atoms with Crippen molar-refractivity contribution in [1.29, 1.82) is 0 Å². The number of unbranched alkanes of at least 4 members (excludes halogenated alkanes) is 1. The second-order valence-electron chi connectivity index (χ2n) is 11.5. The van der Waals surface area contributed by atoms with Crippen LogP contribution in [0.1, 0.15) is 69.3 Å². The van der Waals surface area contributed by atoms with E-state index >= 15 is 0 Å². The summed E-state index contributed by atoms with van der Waals surface area (Å²) in [5, 5.41) is 17.7. The number of aliphatic hydroxyl groups is 1. The molecule has 42 heavy (non-hydrogen) atoms. The van der Waals surface area contributed by atoms with Crippen molar-refractivity contribution in [3.05, 3.63) is 65.9 Å². The van der Waals surface area contributed by atoms with Crippen LogP contribution in [-0.4, -0.2) is 53.8 Å². The number of rotatable bonds is 16. The molecule has 0 aliphatic carbocycles. The van der Waals surface area contributed by atoms with Crippen LogP contribution in [0.25, 0.3) is 10.9 Å². The summed E-state index contributed by atoms with van der Waals surface area (Å²) in [6.07, 6.45) is 3.90. The number of aliphatic hydroxyl groups excluding tert-OH is 1. The Bertz CT molecular complexity index is 1280. The standard InChI is InChI=1S/C33H48N4O4.ClH/c1-6-7-16-35-32(39)23(4)17-30(38)28(34)18-25(22(2)3)19-36-33(40)27-21-37(29-14-10-9-13-26(27)29)20-24-12-8-11-15-31(24)41-5;/h8-15,21-23,25,28,30,38H,6-7,16-20,34H2,1-5H3,(H,35,39)(H,36,40);1H/t23-,25+,28+,30+;/m1./s1. The highest BCUT2D eigenvalue weighted by Crippen LogP contribution is 2.26. The molecule has 2 aromatic carbocycles. The Balaban J connectivity index is 0.00000616. The Labute approximate surface area is 256 Å². The minimum atomic E-state index is -0.799. The van der Waals surface area contributed by atoms with Crippen LogP contribution in [0, 0.1) is 17.8 Å². The number of carbonyl (C=O) groups is 2. The average Bonchev–Trinajstić information content (AvgIpc) is 3.33. The van der Waals surface area contributed by atoms with Gasteiger partial charge in [-0.2, -0.15) is 0 Å². The molecule has 0 bridgehead atoms. The first-order chi connectivity index (χ1) is 19.7. The lowest BCUT2D eigenvalue weighted by atomic mass is 9.86. The molecule has 0 aliphatic rings. The van der Waals surface area contributed by atoms with Crippen molar-refractivity contribution in [1.82, 2.24) is 15.2 Å². The molecule has 9 heteroatoms. The quantitative estimate of drug-likeness (QED) is 0.170. The van der Waals surface area contributed by atoms with Gasteiger partial charge in [-0.05, 0) is 43.2 Å². The van der Waals surface area contributed by atoms with Crippen molar-refractivity contribution in [3.8, 4) is 5.75 Å². The van der Waals surface area contributed by atoms with E-state index in [4.69, 9.17) is 10.5 Å². The molecule has 0 aliphatic heterocycles. The Hall–Kier alpha value is -3.07. The summed E-state index contributed by atoms with van der Waals surface area (Å²) >= 11 is 0. The maximum absolute atomic E-state index is 13.4. The van der Waals surface area contributed by atoms with Gasteiger partial charge in [-0.3, -0.25) is 9.59 Å². The van der Waals surface area contributed by atoms with Crippen molar-refractivity contribution >= 4 is 35.1 Å². The van der Waals surface area contributed by atoms with E-state index in [-0.39, 0.29) is 42.0 Å². The number of nitrogens with zero attached hydrogens (tertiary/aromatic N) is 1. The van der Waals surface area contributed by atoms with Crippen molar-refractivity contribution in [3.63, 3.8) is 0 Å². The summed E-state index contributed by atoms with van der Waals surface area (Å²) in [5.74, 6) is 0.605. The lowest BCUT2D eigenvalue weighted by molar-refractivity contribution is -0.125. The molecule has 0 fully saturated rings. The number of nitrogens with one attached hydrogen (secondary N) is 2. The van der Waals surface area contributed by atoms with Crippen LogP contribution < -0.4 is 21.1 Å². The van der Waals surface area contributed by atoms with E-state index < -0.39 is 12.1 Å². The number of carbonyl (C=O) groups excluding carboxylic acids is 2. The van der Waals surface area contributed by atoms with Gasteiger partial charge in [0.15, 0.2) is 0 Å². The first kappa shape index (κ1) is 35.1. The van der Waals surface area contributed by atoms with Gasteiger partial charge in [-0.15, -0.1) is 12.4 Å². The monoisotopic (exact) mass is 600 g/mol. The molecule has 4 atom stereocenters. The zero-order valence-electron chi connectivity index (χ0n) is 25.6. The van der Waals surface area contributed by atoms with Crippen LogP contribution in [0.2, 0.25) is 0 Å². The van der Waals surface area contributed by atoms with Gasteiger partial charge < -0.3 is 30.8 Å². The highest BCUT2D eigenvalue weighted by atomic mass is 35.5. The Morgan fingerprint density at radius 1 is 1.02 bits per heavy atom. The van der Waals surface area contributed by atoms with E-state index in [0.29, 0.717) is 38.0 Å². The van der Waals surface area contributed by atoms with Crippen molar-refractivity contribution < 1.29 is 19.4 Å². The van der Waals surface area contributed by atoms with Gasteiger partial charge in [0, 0.05) is 47.7 Å². The van der Waals surface area contributed by atoms with Gasteiger partial charge in [0.05, 0.1) is 25.3 Å². The molecule has 2 amide bonds. The molecule has 3 aromatic rings. The van der Waals surface area contributed by atoms with Gasteiger partial charge in [0.2, 0.25) is 5.91 Å². The molecule has 0 radical (unpaired) electrons. The van der Waals surface area contributed by atoms with Gasteiger partial charge in [-0.1, -0.05) is 70.5 Å². The minimum Gasteiger partial charge on any atom is -0.496 e. The first-order valence-electron chi connectivity index (χ1n) is 14.8. The van der Waals surface area contributed by atoms with Crippen LogP contribution in [0.3, 0.4) is 0 Å². The number of hydrogen-bond donors (Lipinski definition) is 4. The van der Waals surface area contributed by atoms with E-state index in [1.165, 1.54) is 0 Å². The summed E-state index contributed by atoms with van der Waals surface area (Å²) in [6.45, 7) is 9.76. The van der Waals surface area contributed by atoms with E-state index in [1.807, 2.05) is 61.7 Å². The Morgan fingerprint density at radius 3 is 2.40 bits per heavy atom. The van der Waals surface area contributed by atoms with E-state index in [0.717, 1.165) is 35.1 Å². The lowest BCUT2D eigenvalue weighted by Gasteiger charge is -2.28. The second-order valence-corrected chi connectivity index (χ2v) is 11.5. The summed E-state index contributed by atoms with van der Waals surface area (Å²) in [6, 6.07) is 15.3. The number of halogens is 1. The number of methoxy groups -OCH3 is 1. The third kappa shape index (κ3) is 9.48. The number of ether oxygens (including phenoxy) is 1. The summed E-state index contributed by atoms with van der Waals surface area (Å²) < 4.78 is 7.61. The van der Waals surface area contributed by atoms with Crippen molar-refractivity contribution in [2.24, 2.45) is 23.5 Å². The summed E-state index contributed by atoms with van der Waals surface area (Å²) in [5.41, 5.74) is 9.03. The normalized spacial score (nSPS) is 14.1. The molecule has 1 aromatic heterocycles. The predicted molar refractivity (Wildman–Crippen MR) is 172 cm³/mol. The fourth-order valence-electron chi connectivity index (χ4n) is 5.20. The smallest absolute Gasteiger partial charge is 0.253 e. The van der Waals surface area contributed by atoms with Gasteiger partial charge in [-0.25, -0.2) is 0 Å². The fourth-order valence-corrected chi connectivity index (χ4v) is 5.20. The van der Waals surface area contributed by atoms with Gasteiger partial charge >= 0.3 is 0 Å².